The van der Waals surface area contributed by atoms with E-state index in [1.807, 2.05) is 6.92 Å². The maximum Gasteiger partial charge on any atom is 0.303 e. The van der Waals surface area contributed by atoms with Crippen molar-refractivity contribution in [3.63, 3.8) is 0 Å². The molecular weight excluding hydrogens is 453 g/mol. The van der Waals surface area contributed by atoms with Gasteiger partial charge in [-0.2, -0.15) is 0 Å². The molecule has 0 atom stereocenters. The van der Waals surface area contributed by atoms with E-state index in [9.17, 15) is 9.18 Å². The lowest BCUT2D eigenvalue weighted by Gasteiger charge is -2.15. The second-order valence-electron chi connectivity index (χ2n) is 8.77. The first-order valence-electron chi connectivity index (χ1n) is 12.4. The molecule has 0 bridgehead atoms. The van der Waals surface area contributed by atoms with Crippen molar-refractivity contribution in [2.45, 2.75) is 52.9 Å². The molecule has 3 aromatic carbocycles. The lowest BCUT2D eigenvalue weighted by Crippen LogP contribution is -2.03. The number of nitrogens with zero attached hydrogens (tertiary/aromatic N) is 1. The first kappa shape index (κ1) is 26.9. The molecule has 5 heteroatoms. The number of carboxylic acid groups (broad SMARTS) is 1. The number of carbonyl (C=O) groups is 1. The molecule has 0 heterocycles. The minimum atomic E-state index is -0.902. The monoisotopic (exact) mass is 487 g/mol. The van der Waals surface area contributed by atoms with Crippen LogP contribution in [0.15, 0.2) is 72.2 Å². The quantitative estimate of drug-likeness (QED) is 0.210. The summed E-state index contributed by atoms with van der Waals surface area (Å²) in [6.07, 6.45) is 3.28. The average Bonchev–Trinajstić information content (AvgIpc) is 2.87. The molecule has 0 saturated carbocycles. The molecule has 36 heavy (non-hydrogen) atoms. The fourth-order valence-electron chi connectivity index (χ4n) is 4.18. The number of aliphatic carboxylic acids is 1. The maximum absolute atomic E-state index is 14.5. The van der Waals surface area contributed by atoms with Gasteiger partial charge in [0.15, 0.2) is 11.6 Å². The van der Waals surface area contributed by atoms with Crippen LogP contribution in [0.5, 0.6) is 5.75 Å². The van der Waals surface area contributed by atoms with Gasteiger partial charge in [-0.1, -0.05) is 63.2 Å². The van der Waals surface area contributed by atoms with E-state index in [2.05, 4.69) is 67.9 Å². The van der Waals surface area contributed by atoms with Gasteiger partial charge in [-0.3, -0.25) is 9.79 Å². The predicted octanol–water partition coefficient (Wildman–Crippen LogP) is 7.73. The van der Waals surface area contributed by atoms with Gasteiger partial charge in [-0.15, -0.1) is 0 Å². The molecule has 0 radical (unpaired) electrons. The number of aryl methyl sites for hydroxylation is 2. The molecule has 0 fully saturated rings. The Kier molecular flexibility index (Phi) is 9.57. The van der Waals surface area contributed by atoms with E-state index in [0.29, 0.717) is 17.7 Å². The van der Waals surface area contributed by atoms with E-state index < -0.39 is 11.8 Å². The van der Waals surface area contributed by atoms with Crippen LogP contribution >= 0.6 is 0 Å². The van der Waals surface area contributed by atoms with Gasteiger partial charge in [0.05, 0.1) is 12.3 Å². The Morgan fingerprint density at radius 2 is 1.72 bits per heavy atom. The molecule has 0 aliphatic carbocycles. The van der Waals surface area contributed by atoms with Gasteiger partial charge in [-0.05, 0) is 78.3 Å². The number of hydrogen-bond acceptors (Lipinski definition) is 3. The molecule has 0 amide bonds. The highest BCUT2D eigenvalue weighted by Gasteiger charge is 2.12. The predicted molar refractivity (Wildman–Crippen MR) is 145 cm³/mol. The van der Waals surface area contributed by atoms with Crippen molar-refractivity contribution < 1.29 is 19.0 Å². The molecule has 1 N–H and O–H groups in total. The number of benzene rings is 3. The minimum Gasteiger partial charge on any atom is -0.491 e. The molecule has 3 aromatic rings. The zero-order valence-electron chi connectivity index (χ0n) is 21.3. The number of aliphatic imine (C=N–C) groups is 1. The summed E-state index contributed by atoms with van der Waals surface area (Å²) in [6, 6.07) is 19.6. The Hall–Kier alpha value is -3.73. The Morgan fingerprint density at radius 3 is 2.42 bits per heavy atom. The fraction of sp³-hybridized carbons (Fsp3) is 0.290. The van der Waals surface area contributed by atoms with Crippen LogP contribution in [-0.4, -0.2) is 23.4 Å². The summed E-state index contributed by atoms with van der Waals surface area (Å²) in [7, 11) is 0. The molecule has 0 aromatic heterocycles. The largest absolute Gasteiger partial charge is 0.491 e. The van der Waals surface area contributed by atoms with Crippen LogP contribution in [0.25, 0.3) is 16.8 Å². The summed E-state index contributed by atoms with van der Waals surface area (Å²) < 4.78 is 19.9. The summed E-state index contributed by atoms with van der Waals surface area (Å²) in [5.41, 5.74) is 7.98. The van der Waals surface area contributed by atoms with Gasteiger partial charge < -0.3 is 9.84 Å². The van der Waals surface area contributed by atoms with Crippen molar-refractivity contribution >= 4 is 17.4 Å². The van der Waals surface area contributed by atoms with E-state index >= 15 is 0 Å². The van der Waals surface area contributed by atoms with Crippen molar-refractivity contribution in [1.82, 2.24) is 0 Å². The maximum atomic E-state index is 14.5. The zero-order chi connectivity index (χ0) is 26.1. The SMILES string of the molecule is C=C(/N=C(\C)c1ccc(-c2ccccc2CC)c(CCC)c1)c1ccc(OCCCC(=O)O)c(F)c1. The molecule has 0 saturated heterocycles. The third-order valence-corrected chi connectivity index (χ3v) is 6.09. The van der Waals surface area contributed by atoms with Crippen molar-refractivity contribution in [3.05, 3.63) is 95.3 Å². The van der Waals surface area contributed by atoms with Crippen LogP contribution < -0.4 is 4.74 Å². The standard InChI is InChI=1S/C31H34FNO3/c1-5-10-26-19-24(14-16-28(26)27-12-8-7-11-23(27)6-2)21(3)33-22(4)25-15-17-30(29(32)20-25)36-18-9-13-31(34)35/h7-8,11-12,14-17,19-20H,4-6,9-10,13,18H2,1-3H3,(H,34,35)/b33-21+. The van der Waals surface area contributed by atoms with Gasteiger partial charge in [0, 0.05) is 17.7 Å². The first-order valence-corrected chi connectivity index (χ1v) is 12.4. The number of hydrogen-bond donors (Lipinski definition) is 1. The Balaban J connectivity index is 1.80. The molecule has 188 valence electrons. The van der Waals surface area contributed by atoms with Crippen LogP contribution in [0.1, 0.15) is 62.3 Å². The average molecular weight is 488 g/mol. The number of ether oxygens (including phenoxy) is 1. The van der Waals surface area contributed by atoms with Gasteiger partial charge >= 0.3 is 5.97 Å². The summed E-state index contributed by atoms with van der Waals surface area (Å²) in [5.74, 6) is -1.34. The first-order chi connectivity index (χ1) is 17.3. The zero-order valence-corrected chi connectivity index (χ0v) is 21.3. The van der Waals surface area contributed by atoms with Gasteiger partial charge in [0.2, 0.25) is 0 Å². The van der Waals surface area contributed by atoms with Crippen LogP contribution in [0.3, 0.4) is 0 Å². The minimum absolute atomic E-state index is 0.0173. The van der Waals surface area contributed by atoms with Crippen molar-refractivity contribution in [3.8, 4) is 16.9 Å². The second kappa shape index (κ2) is 12.8. The summed E-state index contributed by atoms with van der Waals surface area (Å²) >= 11 is 0. The van der Waals surface area contributed by atoms with E-state index in [1.54, 1.807) is 6.07 Å². The lowest BCUT2D eigenvalue weighted by atomic mass is 9.90. The Bertz CT molecular complexity index is 1260. The van der Waals surface area contributed by atoms with Gasteiger partial charge in [-0.25, -0.2) is 4.39 Å². The normalized spacial score (nSPS) is 11.4. The second-order valence-corrected chi connectivity index (χ2v) is 8.77. The van der Waals surface area contributed by atoms with Crippen molar-refractivity contribution in [1.29, 1.82) is 0 Å². The topological polar surface area (TPSA) is 58.9 Å². The Morgan fingerprint density at radius 1 is 1.00 bits per heavy atom. The molecule has 0 aliphatic rings. The summed E-state index contributed by atoms with van der Waals surface area (Å²) in [4.78, 5) is 15.3. The van der Waals surface area contributed by atoms with E-state index in [0.717, 1.165) is 30.5 Å². The molecule has 0 spiro atoms. The Labute approximate surface area is 213 Å². The molecule has 4 nitrogen and oxygen atoms in total. The van der Waals surface area contributed by atoms with E-state index in [4.69, 9.17) is 9.84 Å². The highest BCUT2D eigenvalue weighted by Crippen LogP contribution is 2.30. The third-order valence-electron chi connectivity index (χ3n) is 6.09. The van der Waals surface area contributed by atoms with Crippen molar-refractivity contribution in [2.24, 2.45) is 4.99 Å². The van der Waals surface area contributed by atoms with Crippen LogP contribution in [0.2, 0.25) is 0 Å². The van der Waals surface area contributed by atoms with E-state index in [-0.39, 0.29) is 18.8 Å². The molecule has 0 unspecified atom stereocenters. The van der Waals surface area contributed by atoms with Gasteiger partial charge in [0.1, 0.15) is 0 Å². The van der Waals surface area contributed by atoms with Crippen LogP contribution in [0.4, 0.5) is 4.39 Å². The number of halogens is 1. The lowest BCUT2D eigenvalue weighted by molar-refractivity contribution is -0.137. The van der Waals surface area contributed by atoms with Crippen molar-refractivity contribution in [2.75, 3.05) is 6.61 Å². The van der Waals surface area contributed by atoms with Crippen LogP contribution in [-0.2, 0) is 17.6 Å². The summed E-state index contributed by atoms with van der Waals surface area (Å²) in [6.45, 7) is 10.5. The van der Waals surface area contributed by atoms with Gasteiger partial charge in [0.25, 0.3) is 0 Å². The van der Waals surface area contributed by atoms with Crippen LogP contribution in [0, 0.1) is 5.82 Å². The highest BCUT2D eigenvalue weighted by molar-refractivity contribution is 6.02. The number of rotatable bonds is 12. The smallest absolute Gasteiger partial charge is 0.303 e. The third kappa shape index (κ3) is 6.91. The number of carboxylic acids is 1. The van der Waals surface area contributed by atoms with E-state index in [1.165, 1.54) is 34.4 Å². The fourth-order valence-corrected chi connectivity index (χ4v) is 4.18. The summed E-state index contributed by atoms with van der Waals surface area (Å²) in [5, 5.41) is 8.69. The molecule has 0 aliphatic heterocycles. The highest BCUT2D eigenvalue weighted by atomic mass is 19.1. The molecule has 3 rings (SSSR count). The molecular formula is C31H34FNO3.